The van der Waals surface area contributed by atoms with Crippen LogP contribution < -0.4 is 10.2 Å². The number of carbonyl (C=O) groups is 1. The Balaban J connectivity index is 1.55. The zero-order valence-corrected chi connectivity index (χ0v) is 23.5. The third kappa shape index (κ3) is 6.87. The summed E-state index contributed by atoms with van der Waals surface area (Å²) in [7, 11) is 1.63. The number of hydrogen-bond acceptors (Lipinski definition) is 6. The van der Waals surface area contributed by atoms with E-state index in [-0.39, 0.29) is 17.1 Å². The SMILES string of the molecule is COc1ccc(-n2c(SCC(=O)N/N=C\c3cccc(Br)c3)nnc2-c2ccc(C(C)(C)C)cc2)cc1. The van der Waals surface area contributed by atoms with Gasteiger partial charge in [0.25, 0.3) is 5.91 Å². The molecule has 3 aromatic carbocycles. The molecular formula is C28H28BrN5O2S. The Morgan fingerprint density at radius 2 is 1.81 bits per heavy atom. The van der Waals surface area contributed by atoms with Crippen LogP contribution in [-0.4, -0.2) is 39.7 Å². The lowest BCUT2D eigenvalue weighted by Crippen LogP contribution is -2.20. The highest BCUT2D eigenvalue weighted by Gasteiger charge is 2.19. The third-order valence-electron chi connectivity index (χ3n) is 5.56. The molecule has 37 heavy (non-hydrogen) atoms. The molecule has 0 aliphatic rings. The minimum atomic E-state index is -0.239. The van der Waals surface area contributed by atoms with E-state index in [9.17, 15) is 4.79 Å². The summed E-state index contributed by atoms with van der Waals surface area (Å²) >= 11 is 4.72. The molecule has 0 unspecified atom stereocenters. The van der Waals surface area contributed by atoms with Crippen LogP contribution >= 0.6 is 27.7 Å². The van der Waals surface area contributed by atoms with Gasteiger partial charge in [-0.05, 0) is 52.9 Å². The van der Waals surface area contributed by atoms with Crippen molar-refractivity contribution in [3.63, 3.8) is 0 Å². The van der Waals surface area contributed by atoms with E-state index in [1.54, 1.807) is 13.3 Å². The van der Waals surface area contributed by atoms with Crippen LogP contribution in [0, 0.1) is 0 Å². The summed E-state index contributed by atoms with van der Waals surface area (Å²) in [5.74, 6) is 1.34. The number of halogens is 1. The van der Waals surface area contributed by atoms with E-state index in [1.807, 2.05) is 53.1 Å². The number of hydrazone groups is 1. The number of nitrogens with one attached hydrogen (secondary N) is 1. The van der Waals surface area contributed by atoms with Gasteiger partial charge in [0.05, 0.1) is 19.1 Å². The van der Waals surface area contributed by atoms with E-state index in [2.05, 4.69) is 81.7 Å². The summed E-state index contributed by atoms with van der Waals surface area (Å²) in [5, 5.41) is 13.6. The van der Waals surface area contributed by atoms with Crippen LogP contribution in [0.15, 0.2) is 87.5 Å². The van der Waals surface area contributed by atoms with Gasteiger partial charge in [0, 0.05) is 15.7 Å². The van der Waals surface area contributed by atoms with E-state index in [0.717, 1.165) is 27.0 Å². The predicted molar refractivity (Wildman–Crippen MR) is 153 cm³/mol. The Morgan fingerprint density at radius 3 is 2.46 bits per heavy atom. The van der Waals surface area contributed by atoms with Crippen molar-refractivity contribution in [2.45, 2.75) is 31.3 Å². The highest BCUT2D eigenvalue weighted by Crippen LogP contribution is 2.30. The second-order valence-corrected chi connectivity index (χ2v) is 11.2. The number of benzene rings is 3. The van der Waals surface area contributed by atoms with Gasteiger partial charge in [0.15, 0.2) is 11.0 Å². The minimum Gasteiger partial charge on any atom is -0.497 e. The van der Waals surface area contributed by atoms with Gasteiger partial charge < -0.3 is 4.74 Å². The van der Waals surface area contributed by atoms with Crippen molar-refractivity contribution in [1.82, 2.24) is 20.2 Å². The second kappa shape index (κ2) is 11.7. The molecule has 7 nitrogen and oxygen atoms in total. The molecule has 9 heteroatoms. The van der Waals surface area contributed by atoms with Gasteiger partial charge in [0.1, 0.15) is 5.75 Å². The number of amides is 1. The number of rotatable bonds is 8. The molecule has 1 heterocycles. The van der Waals surface area contributed by atoms with Crippen molar-refractivity contribution in [3.05, 3.63) is 88.4 Å². The first kappa shape index (κ1) is 26.6. The van der Waals surface area contributed by atoms with E-state index < -0.39 is 0 Å². The molecule has 0 fully saturated rings. The number of ether oxygens (including phenoxy) is 1. The lowest BCUT2D eigenvalue weighted by molar-refractivity contribution is -0.118. The zero-order valence-electron chi connectivity index (χ0n) is 21.1. The molecule has 4 aromatic rings. The van der Waals surface area contributed by atoms with Gasteiger partial charge >= 0.3 is 0 Å². The van der Waals surface area contributed by atoms with Crippen molar-refractivity contribution in [2.24, 2.45) is 5.10 Å². The number of nitrogens with zero attached hydrogens (tertiary/aromatic N) is 4. The van der Waals surface area contributed by atoms with Crippen LogP contribution in [0.5, 0.6) is 5.75 Å². The molecule has 190 valence electrons. The Kier molecular flexibility index (Phi) is 8.45. The van der Waals surface area contributed by atoms with Crippen molar-refractivity contribution < 1.29 is 9.53 Å². The van der Waals surface area contributed by atoms with Crippen molar-refractivity contribution in [1.29, 1.82) is 0 Å². The Hall–Kier alpha value is -3.43. The van der Waals surface area contributed by atoms with E-state index in [0.29, 0.717) is 11.0 Å². The van der Waals surface area contributed by atoms with Crippen molar-refractivity contribution in [2.75, 3.05) is 12.9 Å². The van der Waals surface area contributed by atoms with E-state index in [4.69, 9.17) is 4.74 Å². The number of hydrogen-bond donors (Lipinski definition) is 1. The minimum absolute atomic E-state index is 0.0516. The number of methoxy groups -OCH3 is 1. The first-order valence-corrected chi connectivity index (χ1v) is 13.4. The van der Waals surface area contributed by atoms with Crippen molar-refractivity contribution >= 4 is 39.8 Å². The fourth-order valence-electron chi connectivity index (χ4n) is 3.56. The van der Waals surface area contributed by atoms with E-state index >= 15 is 0 Å². The van der Waals surface area contributed by atoms with Gasteiger partial charge in [-0.2, -0.15) is 5.10 Å². The summed E-state index contributed by atoms with van der Waals surface area (Å²) in [6.07, 6.45) is 1.60. The predicted octanol–water partition coefficient (Wildman–Crippen LogP) is 6.25. The smallest absolute Gasteiger partial charge is 0.250 e. The molecule has 0 radical (unpaired) electrons. The molecule has 0 aliphatic heterocycles. The zero-order chi connectivity index (χ0) is 26.4. The van der Waals surface area contributed by atoms with Crippen LogP contribution in [0.3, 0.4) is 0 Å². The maximum atomic E-state index is 12.5. The standard InChI is InChI=1S/C28H28BrN5O2S/c1-28(2,3)21-10-8-20(9-11-21)26-32-33-27(34(26)23-12-14-24(36-4)15-13-23)37-18-25(35)31-30-17-19-6-5-7-22(29)16-19/h5-17H,18H2,1-4H3,(H,31,35)/b30-17-. The molecule has 1 aromatic heterocycles. The summed E-state index contributed by atoms with van der Waals surface area (Å²) in [6, 6.07) is 23.7. The van der Waals surface area contributed by atoms with Gasteiger partial charge in [0.2, 0.25) is 0 Å². The summed E-state index contributed by atoms with van der Waals surface area (Å²) in [4.78, 5) is 12.5. The molecular weight excluding hydrogens is 550 g/mol. The highest BCUT2D eigenvalue weighted by molar-refractivity contribution is 9.10. The Morgan fingerprint density at radius 1 is 1.08 bits per heavy atom. The maximum absolute atomic E-state index is 12.5. The monoisotopic (exact) mass is 577 g/mol. The number of aromatic nitrogens is 3. The summed E-state index contributed by atoms with van der Waals surface area (Å²) < 4.78 is 8.21. The van der Waals surface area contributed by atoms with Crippen molar-refractivity contribution in [3.8, 4) is 22.8 Å². The lowest BCUT2D eigenvalue weighted by atomic mass is 9.87. The van der Waals surface area contributed by atoms with Gasteiger partial charge in [-0.25, -0.2) is 5.43 Å². The van der Waals surface area contributed by atoms with Crippen LogP contribution in [0.4, 0.5) is 0 Å². The largest absolute Gasteiger partial charge is 0.497 e. The summed E-state index contributed by atoms with van der Waals surface area (Å²) in [5.41, 5.74) is 6.55. The van der Waals surface area contributed by atoms with E-state index in [1.165, 1.54) is 17.3 Å². The first-order chi connectivity index (χ1) is 17.7. The highest BCUT2D eigenvalue weighted by atomic mass is 79.9. The quantitative estimate of drug-likeness (QED) is 0.152. The number of thioether (sulfide) groups is 1. The number of carbonyl (C=O) groups excluding carboxylic acids is 1. The average Bonchev–Trinajstić information content (AvgIpc) is 3.31. The molecule has 0 saturated heterocycles. The fraction of sp³-hybridized carbons (Fsp3) is 0.214. The molecule has 4 rings (SSSR count). The van der Waals surface area contributed by atoms with Crippen LogP contribution in [0.2, 0.25) is 0 Å². The van der Waals surface area contributed by atoms with Gasteiger partial charge in [-0.3, -0.25) is 9.36 Å². The third-order valence-corrected chi connectivity index (χ3v) is 6.98. The maximum Gasteiger partial charge on any atom is 0.250 e. The molecule has 0 saturated carbocycles. The first-order valence-electron chi connectivity index (χ1n) is 11.7. The Labute approximate surface area is 229 Å². The summed E-state index contributed by atoms with van der Waals surface area (Å²) in [6.45, 7) is 6.56. The normalized spacial score (nSPS) is 11.6. The topological polar surface area (TPSA) is 81.4 Å². The van der Waals surface area contributed by atoms with Crippen LogP contribution in [0.1, 0.15) is 31.9 Å². The lowest BCUT2D eigenvalue weighted by Gasteiger charge is -2.19. The van der Waals surface area contributed by atoms with Gasteiger partial charge in [-0.1, -0.05) is 84.9 Å². The second-order valence-electron chi connectivity index (χ2n) is 9.30. The van der Waals surface area contributed by atoms with Gasteiger partial charge in [-0.15, -0.1) is 10.2 Å². The molecule has 0 atom stereocenters. The molecule has 1 N–H and O–H groups in total. The van der Waals surface area contributed by atoms with Crippen LogP contribution in [-0.2, 0) is 10.2 Å². The fourth-order valence-corrected chi connectivity index (χ4v) is 4.72. The van der Waals surface area contributed by atoms with Crippen LogP contribution in [0.25, 0.3) is 17.1 Å². The molecule has 0 aliphatic carbocycles. The average molecular weight is 579 g/mol. The Bertz CT molecular complexity index is 1390. The molecule has 1 amide bonds. The molecule has 0 spiro atoms. The molecule has 0 bridgehead atoms.